The Kier molecular flexibility index (Phi) is 5.76. The van der Waals surface area contributed by atoms with E-state index in [0.717, 1.165) is 24.9 Å². The summed E-state index contributed by atoms with van der Waals surface area (Å²) in [6, 6.07) is 8.12. The summed E-state index contributed by atoms with van der Waals surface area (Å²) in [7, 11) is 0. The largest absolute Gasteiger partial charge is 0.375 e. The van der Waals surface area contributed by atoms with Crippen LogP contribution in [0.5, 0.6) is 0 Å². The van der Waals surface area contributed by atoms with Crippen LogP contribution in [0, 0.1) is 6.92 Å². The molecule has 4 heteroatoms. The lowest BCUT2D eigenvalue weighted by Gasteiger charge is -2.32. The molecule has 1 aromatic carbocycles. The minimum atomic E-state index is -0.00878. The molecule has 2 atom stereocenters. The number of aryl methyl sites for hydroxylation is 1. The summed E-state index contributed by atoms with van der Waals surface area (Å²) >= 11 is 0. The van der Waals surface area contributed by atoms with E-state index < -0.39 is 0 Å². The predicted molar refractivity (Wildman–Crippen MR) is 84.5 cm³/mol. The zero-order valence-electron chi connectivity index (χ0n) is 13.2. The third-order valence-corrected chi connectivity index (χ3v) is 3.85. The number of rotatable bonds is 5. The van der Waals surface area contributed by atoms with Crippen LogP contribution in [0.4, 0.5) is 0 Å². The summed E-state index contributed by atoms with van der Waals surface area (Å²) in [5.41, 5.74) is 1.88. The zero-order valence-corrected chi connectivity index (χ0v) is 13.2. The van der Waals surface area contributed by atoms with Crippen molar-refractivity contribution in [2.45, 2.75) is 51.9 Å². The summed E-state index contributed by atoms with van der Waals surface area (Å²) in [6.07, 6.45) is 2.70. The maximum absolute atomic E-state index is 12.0. The van der Waals surface area contributed by atoms with Crippen molar-refractivity contribution in [2.75, 3.05) is 13.1 Å². The van der Waals surface area contributed by atoms with Crippen LogP contribution in [0.3, 0.4) is 0 Å². The number of hydrogen-bond acceptors (Lipinski definition) is 3. The Morgan fingerprint density at radius 2 is 1.76 bits per heavy atom. The monoisotopic (exact) mass is 290 g/mol. The minimum absolute atomic E-state index is 0.00878. The van der Waals surface area contributed by atoms with Gasteiger partial charge in [-0.3, -0.25) is 4.79 Å². The fourth-order valence-corrected chi connectivity index (χ4v) is 2.83. The molecule has 116 valence electrons. The molecule has 2 N–H and O–H groups in total. The zero-order chi connectivity index (χ0) is 15.2. The first-order valence-corrected chi connectivity index (χ1v) is 7.78. The molecule has 2 rings (SSSR count). The van der Waals surface area contributed by atoms with Gasteiger partial charge in [0.1, 0.15) is 0 Å². The van der Waals surface area contributed by atoms with E-state index in [1.54, 1.807) is 0 Å². The molecule has 4 nitrogen and oxygen atoms in total. The Bertz CT molecular complexity index is 448. The SMILES string of the molecule is Cc1ccc(C(=O)NCCNC2CC(C)OC(C)C2)cc1. The van der Waals surface area contributed by atoms with Crippen LogP contribution in [0.1, 0.15) is 42.6 Å². The molecule has 1 fully saturated rings. The van der Waals surface area contributed by atoms with Crippen LogP contribution >= 0.6 is 0 Å². The Hall–Kier alpha value is -1.39. The Morgan fingerprint density at radius 3 is 2.38 bits per heavy atom. The molecule has 1 saturated heterocycles. The summed E-state index contributed by atoms with van der Waals surface area (Å²) in [6.45, 7) is 7.68. The van der Waals surface area contributed by atoms with Crippen molar-refractivity contribution in [2.24, 2.45) is 0 Å². The van der Waals surface area contributed by atoms with Gasteiger partial charge in [-0.05, 0) is 45.7 Å². The Labute approximate surface area is 127 Å². The molecular formula is C17H26N2O2. The highest BCUT2D eigenvalue weighted by atomic mass is 16.5. The van der Waals surface area contributed by atoms with Gasteiger partial charge >= 0.3 is 0 Å². The molecule has 21 heavy (non-hydrogen) atoms. The van der Waals surface area contributed by atoms with Gasteiger partial charge in [0.2, 0.25) is 0 Å². The van der Waals surface area contributed by atoms with Gasteiger partial charge in [0.05, 0.1) is 12.2 Å². The number of hydrogen-bond donors (Lipinski definition) is 2. The quantitative estimate of drug-likeness (QED) is 0.818. The van der Waals surface area contributed by atoms with E-state index in [0.29, 0.717) is 30.4 Å². The van der Waals surface area contributed by atoms with Gasteiger partial charge in [-0.1, -0.05) is 17.7 Å². The number of carbonyl (C=O) groups is 1. The average Bonchev–Trinajstić information content (AvgIpc) is 2.43. The molecular weight excluding hydrogens is 264 g/mol. The van der Waals surface area contributed by atoms with Crippen LogP contribution in [0.25, 0.3) is 0 Å². The molecule has 0 spiro atoms. The van der Waals surface area contributed by atoms with Crippen molar-refractivity contribution in [3.63, 3.8) is 0 Å². The highest BCUT2D eigenvalue weighted by Crippen LogP contribution is 2.18. The third kappa shape index (κ3) is 5.14. The highest BCUT2D eigenvalue weighted by Gasteiger charge is 2.23. The van der Waals surface area contributed by atoms with Gasteiger partial charge in [-0.15, -0.1) is 0 Å². The van der Waals surface area contributed by atoms with Crippen molar-refractivity contribution in [3.05, 3.63) is 35.4 Å². The fourth-order valence-electron chi connectivity index (χ4n) is 2.83. The summed E-state index contributed by atoms with van der Waals surface area (Å²) in [5, 5.41) is 6.45. The standard InChI is InChI=1S/C17H26N2O2/c1-12-4-6-15(7-5-12)17(20)19-9-8-18-16-10-13(2)21-14(3)11-16/h4-7,13-14,16,18H,8-11H2,1-3H3,(H,19,20). The number of carbonyl (C=O) groups excluding carboxylic acids is 1. The second-order valence-corrected chi connectivity index (χ2v) is 6.00. The summed E-state index contributed by atoms with van der Waals surface area (Å²) < 4.78 is 5.72. The molecule has 1 heterocycles. The molecule has 0 saturated carbocycles. The summed E-state index contributed by atoms with van der Waals surface area (Å²) in [4.78, 5) is 12.0. The minimum Gasteiger partial charge on any atom is -0.375 e. The van der Waals surface area contributed by atoms with Crippen molar-refractivity contribution >= 4 is 5.91 Å². The van der Waals surface area contributed by atoms with Crippen molar-refractivity contribution in [3.8, 4) is 0 Å². The van der Waals surface area contributed by atoms with E-state index in [1.807, 2.05) is 31.2 Å². The number of amides is 1. The van der Waals surface area contributed by atoms with Crippen molar-refractivity contribution in [1.82, 2.24) is 10.6 Å². The first-order chi connectivity index (χ1) is 10.0. The fraction of sp³-hybridized carbons (Fsp3) is 0.588. The van der Waals surface area contributed by atoms with Crippen LogP contribution in [0.15, 0.2) is 24.3 Å². The molecule has 0 radical (unpaired) electrons. The first-order valence-electron chi connectivity index (χ1n) is 7.78. The van der Waals surface area contributed by atoms with Gasteiger partial charge in [-0.2, -0.15) is 0 Å². The third-order valence-electron chi connectivity index (χ3n) is 3.85. The molecule has 2 unspecified atom stereocenters. The van der Waals surface area contributed by atoms with E-state index >= 15 is 0 Å². The molecule has 1 aliphatic rings. The van der Waals surface area contributed by atoms with E-state index in [-0.39, 0.29) is 5.91 Å². The lowest BCUT2D eigenvalue weighted by atomic mass is 10.00. The van der Waals surface area contributed by atoms with Gasteiger partial charge < -0.3 is 15.4 Å². The lowest BCUT2D eigenvalue weighted by molar-refractivity contribution is -0.0419. The van der Waals surface area contributed by atoms with Gasteiger partial charge in [-0.25, -0.2) is 0 Å². The van der Waals surface area contributed by atoms with Gasteiger partial charge in [0.15, 0.2) is 0 Å². The number of ether oxygens (including phenoxy) is 1. The number of benzene rings is 1. The van der Waals surface area contributed by atoms with E-state index in [9.17, 15) is 4.79 Å². The second-order valence-electron chi connectivity index (χ2n) is 6.00. The normalized spacial score (nSPS) is 25.6. The summed E-state index contributed by atoms with van der Waals surface area (Å²) in [5.74, 6) is -0.00878. The van der Waals surface area contributed by atoms with E-state index in [1.165, 1.54) is 0 Å². The van der Waals surface area contributed by atoms with Crippen LogP contribution in [-0.2, 0) is 4.74 Å². The average molecular weight is 290 g/mol. The van der Waals surface area contributed by atoms with Gasteiger partial charge in [0, 0.05) is 24.7 Å². The molecule has 0 bridgehead atoms. The Balaban J connectivity index is 1.67. The maximum atomic E-state index is 12.0. The van der Waals surface area contributed by atoms with E-state index in [4.69, 9.17) is 4.74 Å². The highest BCUT2D eigenvalue weighted by molar-refractivity contribution is 5.94. The van der Waals surface area contributed by atoms with E-state index in [2.05, 4.69) is 24.5 Å². The molecule has 1 amide bonds. The first kappa shape index (κ1) is 16.0. The predicted octanol–water partition coefficient (Wildman–Crippen LogP) is 2.27. The topological polar surface area (TPSA) is 50.4 Å². The Morgan fingerprint density at radius 1 is 1.14 bits per heavy atom. The molecule has 0 aromatic heterocycles. The molecule has 1 aromatic rings. The van der Waals surface area contributed by atoms with Crippen LogP contribution in [-0.4, -0.2) is 37.2 Å². The molecule has 0 aliphatic carbocycles. The lowest BCUT2D eigenvalue weighted by Crippen LogP contribution is -2.44. The van der Waals surface area contributed by atoms with Crippen LogP contribution in [0.2, 0.25) is 0 Å². The smallest absolute Gasteiger partial charge is 0.251 e. The maximum Gasteiger partial charge on any atom is 0.251 e. The second kappa shape index (κ2) is 7.57. The van der Waals surface area contributed by atoms with Crippen molar-refractivity contribution in [1.29, 1.82) is 0 Å². The van der Waals surface area contributed by atoms with Crippen molar-refractivity contribution < 1.29 is 9.53 Å². The number of nitrogens with one attached hydrogen (secondary N) is 2. The van der Waals surface area contributed by atoms with Gasteiger partial charge in [0.25, 0.3) is 5.91 Å². The van der Waals surface area contributed by atoms with Crippen LogP contribution < -0.4 is 10.6 Å². The molecule has 1 aliphatic heterocycles.